The second-order valence-corrected chi connectivity index (χ2v) is 6.25. The van der Waals surface area contributed by atoms with E-state index in [0.717, 1.165) is 0 Å². The zero-order valence-electron chi connectivity index (χ0n) is 9.55. The van der Waals surface area contributed by atoms with Crippen molar-refractivity contribution in [3.8, 4) is 0 Å². The van der Waals surface area contributed by atoms with Gasteiger partial charge in [0.15, 0.2) is 5.82 Å². The highest BCUT2D eigenvalue weighted by atomic mass is 79.9. The van der Waals surface area contributed by atoms with Crippen LogP contribution < -0.4 is 4.72 Å². The van der Waals surface area contributed by atoms with Gasteiger partial charge in [0, 0.05) is 0 Å². The molecule has 1 heterocycles. The first kappa shape index (κ1) is 13.9. The van der Waals surface area contributed by atoms with Crippen LogP contribution >= 0.6 is 15.9 Å². The molecule has 0 saturated heterocycles. The van der Waals surface area contributed by atoms with Crippen molar-refractivity contribution in [2.75, 3.05) is 4.72 Å². The van der Waals surface area contributed by atoms with Crippen LogP contribution in [0.5, 0.6) is 0 Å². The number of aromatic nitrogens is 2. The topological polar surface area (TPSA) is 72.0 Å². The van der Waals surface area contributed by atoms with E-state index in [1.807, 2.05) is 0 Å². The van der Waals surface area contributed by atoms with Crippen LogP contribution in [0.1, 0.15) is 5.56 Å². The third kappa shape index (κ3) is 4.25. The molecule has 0 aliphatic rings. The van der Waals surface area contributed by atoms with Gasteiger partial charge in [-0.2, -0.15) is 0 Å². The second-order valence-electron chi connectivity index (χ2n) is 3.71. The molecule has 0 aliphatic carbocycles. The lowest BCUT2D eigenvalue weighted by Crippen LogP contribution is -2.16. The number of rotatable bonds is 4. The summed E-state index contributed by atoms with van der Waals surface area (Å²) in [5.41, 5.74) is 0.485. The molecule has 0 saturated carbocycles. The maximum Gasteiger partial charge on any atom is 0.238 e. The third-order valence-corrected chi connectivity index (χ3v) is 3.79. The first-order valence-corrected chi connectivity index (χ1v) is 7.62. The Morgan fingerprint density at radius 3 is 2.42 bits per heavy atom. The van der Waals surface area contributed by atoms with Crippen LogP contribution in [0.2, 0.25) is 0 Å². The molecule has 0 fully saturated rings. The van der Waals surface area contributed by atoms with Crippen molar-refractivity contribution in [3.63, 3.8) is 0 Å². The Kier molecular flexibility index (Phi) is 4.11. The summed E-state index contributed by atoms with van der Waals surface area (Å²) in [6.45, 7) is 0. The van der Waals surface area contributed by atoms with Crippen LogP contribution in [0.25, 0.3) is 0 Å². The minimum atomic E-state index is -3.60. The lowest BCUT2D eigenvalue weighted by molar-refractivity contribution is 0.599. The summed E-state index contributed by atoms with van der Waals surface area (Å²) in [6.07, 6.45) is 2.68. The third-order valence-electron chi connectivity index (χ3n) is 2.15. The molecule has 0 amide bonds. The van der Waals surface area contributed by atoms with Crippen molar-refractivity contribution < 1.29 is 12.8 Å². The van der Waals surface area contributed by atoms with Crippen LogP contribution in [0.3, 0.4) is 0 Å². The van der Waals surface area contributed by atoms with E-state index in [-0.39, 0.29) is 11.6 Å². The Hall–Kier alpha value is -1.54. The molecule has 1 aromatic heterocycles. The highest BCUT2D eigenvalue weighted by molar-refractivity contribution is 9.10. The van der Waals surface area contributed by atoms with Crippen molar-refractivity contribution in [1.82, 2.24) is 9.97 Å². The fourth-order valence-corrected chi connectivity index (χ4v) is 2.69. The number of nitrogens with one attached hydrogen (secondary N) is 1. The Balaban J connectivity index is 2.10. The highest BCUT2D eigenvalue weighted by Gasteiger charge is 2.12. The van der Waals surface area contributed by atoms with Gasteiger partial charge in [-0.25, -0.2) is 22.8 Å². The first-order chi connectivity index (χ1) is 8.94. The predicted molar refractivity (Wildman–Crippen MR) is 72.4 cm³/mol. The molecule has 0 unspecified atom stereocenters. The van der Waals surface area contributed by atoms with Crippen molar-refractivity contribution in [2.24, 2.45) is 0 Å². The van der Waals surface area contributed by atoms with E-state index >= 15 is 0 Å². The SMILES string of the molecule is O=S(=O)(Cc1ccc(F)cc1)Nc1cnc(Br)cn1. The van der Waals surface area contributed by atoms with E-state index in [1.165, 1.54) is 36.7 Å². The molecular formula is C11H9BrFN3O2S. The number of hydrogen-bond acceptors (Lipinski definition) is 4. The lowest BCUT2D eigenvalue weighted by Gasteiger charge is -2.06. The highest BCUT2D eigenvalue weighted by Crippen LogP contribution is 2.12. The monoisotopic (exact) mass is 345 g/mol. The van der Waals surface area contributed by atoms with Crippen molar-refractivity contribution in [2.45, 2.75) is 5.75 Å². The summed E-state index contributed by atoms with van der Waals surface area (Å²) < 4.78 is 39.2. The normalized spacial score (nSPS) is 11.3. The molecule has 1 N–H and O–H groups in total. The predicted octanol–water partition coefficient (Wildman–Crippen LogP) is 2.32. The smallest absolute Gasteiger partial charge is 0.238 e. The van der Waals surface area contributed by atoms with Gasteiger partial charge in [0.2, 0.25) is 10.0 Å². The molecule has 0 aliphatic heterocycles. The van der Waals surface area contributed by atoms with E-state index in [9.17, 15) is 12.8 Å². The first-order valence-electron chi connectivity index (χ1n) is 5.17. The number of nitrogens with zero attached hydrogens (tertiary/aromatic N) is 2. The molecule has 2 rings (SSSR count). The molecule has 0 radical (unpaired) electrons. The van der Waals surface area contributed by atoms with Crippen molar-refractivity contribution in [1.29, 1.82) is 0 Å². The van der Waals surface area contributed by atoms with Crippen LogP contribution in [0.4, 0.5) is 10.2 Å². The van der Waals surface area contributed by atoms with Crippen LogP contribution in [-0.4, -0.2) is 18.4 Å². The Morgan fingerprint density at radius 1 is 1.16 bits per heavy atom. The average molecular weight is 346 g/mol. The standard InChI is InChI=1S/C11H9BrFN3O2S/c12-10-5-15-11(6-14-10)16-19(17,18)7-8-1-3-9(13)4-2-8/h1-6H,7H2,(H,15,16). The molecule has 100 valence electrons. The van der Waals surface area contributed by atoms with E-state index in [0.29, 0.717) is 10.2 Å². The Bertz CT molecular complexity index is 606. The van der Waals surface area contributed by atoms with E-state index in [2.05, 4.69) is 30.6 Å². The number of sulfonamides is 1. The van der Waals surface area contributed by atoms with E-state index in [4.69, 9.17) is 0 Å². The molecule has 8 heteroatoms. The summed E-state index contributed by atoms with van der Waals surface area (Å²) in [6, 6.07) is 5.26. The molecule has 5 nitrogen and oxygen atoms in total. The number of anilines is 1. The van der Waals surface area contributed by atoms with E-state index in [1.54, 1.807) is 0 Å². The van der Waals surface area contributed by atoms with Gasteiger partial charge < -0.3 is 0 Å². The summed E-state index contributed by atoms with van der Waals surface area (Å²) in [4.78, 5) is 7.72. The fraction of sp³-hybridized carbons (Fsp3) is 0.0909. The molecule has 0 bridgehead atoms. The van der Waals surface area contributed by atoms with Gasteiger partial charge in [0.1, 0.15) is 10.4 Å². The van der Waals surface area contributed by atoms with Gasteiger partial charge in [0.25, 0.3) is 0 Å². The quantitative estimate of drug-likeness (QED) is 0.922. The summed E-state index contributed by atoms with van der Waals surface area (Å²) in [5.74, 6) is -0.538. The molecule has 0 spiro atoms. The Labute approximate surface area is 118 Å². The number of benzene rings is 1. The number of halogens is 2. The molecule has 1 aromatic carbocycles. The van der Waals surface area contributed by atoms with E-state index < -0.39 is 15.8 Å². The van der Waals surface area contributed by atoms with Crippen molar-refractivity contribution in [3.05, 3.63) is 52.6 Å². The number of hydrogen-bond donors (Lipinski definition) is 1. The molecular weight excluding hydrogens is 337 g/mol. The lowest BCUT2D eigenvalue weighted by atomic mass is 10.2. The fourth-order valence-electron chi connectivity index (χ4n) is 1.36. The van der Waals surface area contributed by atoms with Crippen LogP contribution in [-0.2, 0) is 15.8 Å². The summed E-state index contributed by atoms with van der Waals surface area (Å²) in [5, 5.41) is 0. The minimum Gasteiger partial charge on any atom is -0.266 e. The molecule has 2 aromatic rings. The maximum atomic E-state index is 12.7. The average Bonchev–Trinajstić information content (AvgIpc) is 2.34. The summed E-state index contributed by atoms with van der Waals surface area (Å²) in [7, 11) is -3.60. The minimum absolute atomic E-state index is 0.130. The maximum absolute atomic E-state index is 12.7. The van der Waals surface area contributed by atoms with Gasteiger partial charge in [-0.1, -0.05) is 12.1 Å². The second kappa shape index (κ2) is 5.62. The van der Waals surface area contributed by atoms with Gasteiger partial charge in [-0.3, -0.25) is 4.72 Å². The summed E-state index contributed by atoms with van der Waals surface area (Å²) >= 11 is 3.10. The van der Waals surface area contributed by atoms with Gasteiger partial charge in [0.05, 0.1) is 18.1 Å². The van der Waals surface area contributed by atoms with Gasteiger partial charge >= 0.3 is 0 Å². The van der Waals surface area contributed by atoms with Crippen LogP contribution in [0.15, 0.2) is 41.3 Å². The largest absolute Gasteiger partial charge is 0.266 e. The van der Waals surface area contributed by atoms with Crippen molar-refractivity contribution >= 4 is 31.8 Å². The van der Waals surface area contributed by atoms with Gasteiger partial charge in [-0.05, 0) is 33.6 Å². The van der Waals surface area contributed by atoms with Gasteiger partial charge in [-0.15, -0.1) is 0 Å². The van der Waals surface area contributed by atoms with Crippen LogP contribution in [0, 0.1) is 5.82 Å². The zero-order chi connectivity index (χ0) is 13.9. The zero-order valence-corrected chi connectivity index (χ0v) is 11.9. The molecule has 0 atom stereocenters. The Morgan fingerprint density at radius 2 is 1.84 bits per heavy atom. The molecule has 19 heavy (non-hydrogen) atoms.